The van der Waals surface area contributed by atoms with E-state index in [1.54, 1.807) is 0 Å². The molecule has 0 amide bonds. The van der Waals surface area contributed by atoms with Crippen LogP contribution in [0.3, 0.4) is 0 Å². The lowest BCUT2D eigenvalue weighted by Gasteiger charge is -2.20. The Bertz CT molecular complexity index is 494. The molecule has 3 rings (SSSR count). The molecule has 0 aromatic carbocycles. The summed E-state index contributed by atoms with van der Waals surface area (Å²) < 4.78 is 19.5. The van der Waals surface area contributed by atoms with Crippen molar-refractivity contribution in [2.45, 2.75) is 37.5 Å². The van der Waals surface area contributed by atoms with Gasteiger partial charge in [-0.05, 0) is 25.3 Å². The molecular formula is C12H13FN2O3. The number of hydrogen-bond acceptors (Lipinski definition) is 4. The number of pyridine rings is 1. The molecule has 3 atom stereocenters. The van der Waals surface area contributed by atoms with Crippen molar-refractivity contribution >= 4 is 11.8 Å². The predicted octanol–water partition coefficient (Wildman–Crippen LogP) is 1.65. The summed E-state index contributed by atoms with van der Waals surface area (Å²) in [5, 5.41) is 11.8. The molecule has 96 valence electrons. The summed E-state index contributed by atoms with van der Waals surface area (Å²) in [4.78, 5) is 14.7. The normalized spacial score (nSPS) is 29.5. The van der Waals surface area contributed by atoms with Crippen molar-refractivity contribution in [3.8, 4) is 0 Å². The van der Waals surface area contributed by atoms with Crippen LogP contribution in [-0.4, -0.2) is 34.3 Å². The zero-order valence-electron chi connectivity index (χ0n) is 9.60. The van der Waals surface area contributed by atoms with Crippen LogP contribution in [0.2, 0.25) is 0 Å². The first-order valence-corrected chi connectivity index (χ1v) is 5.95. The molecule has 2 N–H and O–H groups in total. The van der Waals surface area contributed by atoms with E-state index < -0.39 is 11.8 Å². The number of carbonyl (C=O) groups is 1. The summed E-state index contributed by atoms with van der Waals surface area (Å²) in [6.45, 7) is 0. The van der Waals surface area contributed by atoms with Crippen LogP contribution < -0.4 is 5.32 Å². The summed E-state index contributed by atoms with van der Waals surface area (Å²) in [5.74, 6) is -2.11. The number of hydrogen-bond donors (Lipinski definition) is 2. The van der Waals surface area contributed by atoms with E-state index in [1.165, 1.54) is 6.20 Å². The molecule has 5 nitrogen and oxygen atoms in total. The highest BCUT2D eigenvalue weighted by Gasteiger charge is 2.41. The van der Waals surface area contributed by atoms with Gasteiger partial charge in [-0.1, -0.05) is 0 Å². The van der Waals surface area contributed by atoms with E-state index in [0.29, 0.717) is 0 Å². The number of carboxylic acids is 1. The molecule has 2 fully saturated rings. The highest BCUT2D eigenvalue weighted by Crippen LogP contribution is 2.36. The maximum Gasteiger partial charge on any atom is 0.338 e. The molecule has 6 heteroatoms. The average molecular weight is 252 g/mol. The number of rotatable bonds is 3. The molecular weight excluding hydrogens is 239 g/mol. The minimum atomic E-state index is -1.29. The second kappa shape index (κ2) is 4.20. The van der Waals surface area contributed by atoms with Crippen molar-refractivity contribution in [2.24, 2.45) is 0 Å². The number of nitrogens with one attached hydrogen (secondary N) is 1. The van der Waals surface area contributed by atoms with Crippen molar-refractivity contribution in [3.63, 3.8) is 0 Å². The predicted molar refractivity (Wildman–Crippen MR) is 61.1 cm³/mol. The van der Waals surface area contributed by atoms with E-state index in [4.69, 9.17) is 9.84 Å². The fourth-order valence-corrected chi connectivity index (χ4v) is 2.67. The molecule has 1 aromatic rings. The van der Waals surface area contributed by atoms with Crippen LogP contribution in [0.1, 0.15) is 29.6 Å². The second-order valence-corrected chi connectivity index (χ2v) is 4.69. The van der Waals surface area contributed by atoms with Gasteiger partial charge in [0.05, 0.1) is 18.2 Å². The van der Waals surface area contributed by atoms with Gasteiger partial charge in [0.15, 0.2) is 11.6 Å². The number of nitrogens with zero attached hydrogens (tertiary/aromatic N) is 1. The van der Waals surface area contributed by atoms with Gasteiger partial charge < -0.3 is 15.2 Å². The quantitative estimate of drug-likeness (QED) is 0.855. The fraction of sp³-hybridized carbons (Fsp3) is 0.500. The summed E-state index contributed by atoms with van der Waals surface area (Å²) in [5.41, 5.74) is -0.364. The number of aromatic carboxylic acids is 1. The Hall–Kier alpha value is -1.69. The smallest absolute Gasteiger partial charge is 0.338 e. The minimum absolute atomic E-state index is 0.00366. The topological polar surface area (TPSA) is 71.5 Å². The maximum atomic E-state index is 13.9. The van der Waals surface area contributed by atoms with Crippen LogP contribution in [0.15, 0.2) is 12.3 Å². The van der Waals surface area contributed by atoms with Crippen LogP contribution in [0.5, 0.6) is 0 Å². The van der Waals surface area contributed by atoms with Crippen molar-refractivity contribution < 1.29 is 19.0 Å². The molecule has 2 aliphatic heterocycles. The van der Waals surface area contributed by atoms with Crippen molar-refractivity contribution in [3.05, 3.63) is 23.6 Å². The third-order valence-corrected chi connectivity index (χ3v) is 3.55. The Morgan fingerprint density at radius 1 is 1.56 bits per heavy atom. The summed E-state index contributed by atoms with van der Waals surface area (Å²) in [7, 11) is 0. The molecule has 3 unspecified atom stereocenters. The summed E-state index contributed by atoms with van der Waals surface area (Å²) in [6, 6.07) is 1.18. The number of carboxylic acid groups (broad SMARTS) is 1. The van der Waals surface area contributed by atoms with Crippen LogP contribution in [-0.2, 0) is 4.74 Å². The number of aromatic nitrogens is 1. The van der Waals surface area contributed by atoms with E-state index in [0.717, 1.165) is 25.3 Å². The lowest BCUT2D eigenvalue weighted by molar-refractivity contribution is 0.0692. The van der Waals surface area contributed by atoms with E-state index in [1.807, 2.05) is 0 Å². The SMILES string of the molecule is O=C(O)c1ccnc(NC2CC3CCC2O3)c1F. The Kier molecular flexibility index (Phi) is 2.66. The van der Waals surface area contributed by atoms with Gasteiger partial charge in [0.2, 0.25) is 0 Å². The van der Waals surface area contributed by atoms with Gasteiger partial charge in [-0.15, -0.1) is 0 Å². The summed E-state index contributed by atoms with van der Waals surface area (Å²) >= 11 is 0. The molecule has 2 saturated heterocycles. The summed E-state index contributed by atoms with van der Waals surface area (Å²) in [6.07, 6.45) is 4.46. The zero-order valence-corrected chi connectivity index (χ0v) is 9.60. The van der Waals surface area contributed by atoms with Gasteiger partial charge in [0, 0.05) is 6.20 Å². The molecule has 1 aromatic heterocycles. The third kappa shape index (κ3) is 1.82. The van der Waals surface area contributed by atoms with Crippen LogP contribution in [0.25, 0.3) is 0 Å². The Labute approximate surface area is 103 Å². The second-order valence-electron chi connectivity index (χ2n) is 4.69. The van der Waals surface area contributed by atoms with Crippen LogP contribution in [0.4, 0.5) is 10.2 Å². The lowest BCUT2D eigenvalue weighted by atomic mass is 9.95. The lowest BCUT2D eigenvalue weighted by Crippen LogP contribution is -2.31. The molecule has 0 radical (unpaired) electrons. The zero-order chi connectivity index (χ0) is 12.7. The van der Waals surface area contributed by atoms with Gasteiger partial charge in [-0.25, -0.2) is 14.2 Å². The first-order valence-electron chi connectivity index (χ1n) is 5.95. The van der Waals surface area contributed by atoms with Crippen LogP contribution >= 0.6 is 0 Å². The van der Waals surface area contributed by atoms with Gasteiger partial charge in [-0.2, -0.15) is 0 Å². The maximum absolute atomic E-state index is 13.9. The standard InChI is InChI=1S/C12H13FN2O3/c13-10-7(12(16)17)3-4-14-11(10)15-8-5-6-1-2-9(8)18-6/h3-4,6,8-9H,1-2,5H2,(H,14,15)(H,16,17). The number of ether oxygens (including phenoxy) is 1. The molecule has 2 bridgehead atoms. The molecule has 0 spiro atoms. The number of anilines is 1. The van der Waals surface area contributed by atoms with Crippen molar-refractivity contribution in [1.29, 1.82) is 0 Å². The first kappa shape index (κ1) is 11.4. The largest absolute Gasteiger partial charge is 0.478 e. The Morgan fingerprint density at radius 3 is 3.00 bits per heavy atom. The van der Waals surface area contributed by atoms with Gasteiger partial charge in [0.25, 0.3) is 0 Å². The average Bonchev–Trinajstić information content (AvgIpc) is 2.93. The first-order chi connectivity index (χ1) is 8.65. The third-order valence-electron chi connectivity index (χ3n) is 3.55. The van der Waals surface area contributed by atoms with E-state index in [-0.39, 0.29) is 29.6 Å². The molecule has 0 saturated carbocycles. The van der Waals surface area contributed by atoms with Gasteiger partial charge in [0.1, 0.15) is 5.56 Å². The fourth-order valence-electron chi connectivity index (χ4n) is 2.67. The number of halogens is 1. The Balaban J connectivity index is 1.81. The van der Waals surface area contributed by atoms with Crippen molar-refractivity contribution in [1.82, 2.24) is 4.98 Å². The van der Waals surface area contributed by atoms with Crippen LogP contribution in [0, 0.1) is 5.82 Å². The Morgan fingerprint density at radius 2 is 2.39 bits per heavy atom. The van der Waals surface area contributed by atoms with E-state index in [2.05, 4.69) is 10.3 Å². The molecule has 2 aliphatic rings. The monoisotopic (exact) mass is 252 g/mol. The van der Waals surface area contributed by atoms with E-state index in [9.17, 15) is 9.18 Å². The van der Waals surface area contributed by atoms with E-state index >= 15 is 0 Å². The minimum Gasteiger partial charge on any atom is -0.478 e. The molecule has 0 aliphatic carbocycles. The highest BCUT2D eigenvalue weighted by molar-refractivity contribution is 5.88. The molecule has 3 heterocycles. The molecule has 18 heavy (non-hydrogen) atoms. The highest BCUT2D eigenvalue weighted by atomic mass is 19.1. The van der Waals surface area contributed by atoms with Gasteiger partial charge in [-0.3, -0.25) is 0 Å². The van der Waals surface area contributed by atoms with Gasteiger partial charge >= 0.3 is 5.97 Å². The number of fused-ring (bicyclic) bond motifs is 2. The van der Waals surface area contributed by atoms with Crippen molar-refractivity contribution in [2.75, 3.05) is 5.32 Å².